The Morgan fingerprint density at radius 1 is 1.32 bits per heavy atom. The van der Waals surface area contributed by atoms with Crippen molar-refractivity contribution in [2.45, 2.75) is 44.9 Å². The Bertz CT molecular complexity index is 394. The lowest BCUT2D eigenvalue weighted by atomic mass is 10.1. The Labute approximate surface area is 128 Å². The number of unbranched alkanes of at least 4 members (excludes halogenated alkanes) is 1. The molecular weight excluding hydrogens is 322 g/mol. The third-order valence-electron chi connectivity index (χ3n) is 2.96. The first-order valence-electron chi connectivity index (χ1n) is 6.72. The van der Waals surface area contributed by atoms with Gasteiger partial charge in [0, 0.05) is 4.47 Å². The fraction of sp³-hybridized carbons (Fsp3) is 0.533. The van der Waals surface area contributed by atoms with Gasteiger partial charge in [-0.15, -0.1) is 11.8 Å². The van der Waals surface area contributed by atoms with E-state index in [4.69, 9.17) is 0 Å². The zero-order chi connectivity index (χ0) is 14.3. The van der Waals surface area contributed by atoms with Gasteiger partial charge in [0.25, 0.3) is 0 Å². The number of benzene rings is 1. The molecule has 1 aromatic carbocycles. The van der Waals surface area contributed by atoms with Crippen molar-refractivity contribution in [3.05, 3.63) is 34.3 Å². The number of hydrogen-bond acceptors (Lipinski definition) is 2. The van der Waals surface area contributed by atoms with Gasteiger partial charge in [-0.2, -0.15) is 0 Å². The lowest BCUT2D eigenvalue weighted by Crippen LogP contribution is -2.33. The Hall–Kier alpha value is -0.480. The second kappa shape index (κ2) is 8.64. The van der Waals surface area contributed by atoms with Crippen LogP contribution in [0.5, 0.6) is 0 Å². The van der Waals surface area contributed by atoms with E-state index in [2.05, 4.69) is 28.2 Å². The second-order valence-corrected chi connectivity index (χ2v) is 7.01. The lowest BCUT2D eigenvalue weighted by Gasteiger charge is -2.17. The summed E-state index contributed by atoms with van der Waals surface area (Å²) >= 11 is 5.14. The highest BCUT2D eigenvalue weighted by atomic mass is 79.9. The van der Waals surface area contributed by atoms with E-state index in [0.717, 1.165) is 15.8 Å². The maximum atomic E-state index is 12.0. The average Bonchev–Trinajstić information content (AvgIpc) is 2.39. The van der Waals surface area contributed by atoms with Crippen LogP contribution in [0.15, 0.2) is 28.7 Å². The van der Waals surface area contributed by atoms with Gasteiger partial charge in [0.2, 0.25) is 5.91 Å². The first-order valence-corrected chi connectivity index (χ1v) is 8.56. The SMILES string of the molecule is CCCCSC(C)C(=O)NC(C)c1ccc(Br)cc1. The fourth-order valence-electron chi connectivity index (χ4n) is 1.65. The summed E-state index contributed by atoms with van der Waals surface area (Å²) < 4.78 is 1.05. The normalized spacial score (nSPS) is 13.9. The molecule has 0 heterocycles. The summed E-state index contributed by atoms with van der Waals surface area (Å²) in [5.74, 6) is 1.18. The van der Waals surface area contributed by atoms with E-state index in [0.29, 0.717) is 0 Å². The van der Waals surface area contributed by atoms with E-state index in [9.17, 15) is 4.79 Å². The van der Waals surface area contributed by atoms with Crippen LogP contribution in [0.3, 0.4) is 0 Å². The van der Waals surface area contributed by atoms with Gasteiger partial charge >= 0.3 is 0 Å². The molecule has 19 heavy (non-hydrogen) atoms. The predicted molar refractivity (Wildman–Crippen MR) is 87.5 cm³/mol. The zero-order valence-corrected chi connectivity index (χ0v) is 14.2. The number of thioether (sulfide) groups is 1. The van der Waals surface area contributed by atoms with Crippen molar-refractivity contribution < 1.29 is 4.79 Å². The highest BCUT2D eigenvalue weighted by molar-refractivity contribution is 9.10. The minimum Gasteiger partial charge on any atom is -0.349 e. The van der Waals surface area contributed by atoms with Gasteiger partial charge < -0.3 is 5.32 Å². The maximum Gasteiger partial charge on any atom is 0.233 e. The van der Waals surface area contributed by atoms with Crippen LogP contribution in [-0.4, -0.2) is 16.9 Å². The van der Waals surface area contributed by atoms with Crippen molar-refractivity contribution in [2.24, 2.45) is 0 Å². The molecule has 2 nitrogen and oxygen atoms in total. The van der Waals surface area contributed by atoms with Gasteiger partial charge in [-0.1, -0.05) is 41.4 Å². The number of carbonyl (C=O) groups is 1. The predicted octanol–water partition coefficient (Wildman–Crippen LogP) is 4.55. The van der Waals surface area contributed by atoms with Crippen LogP contribution >= 0.6 is 27.7 Å². The molecule has 0 aliphatic carbocycles. The molecule has 0 aliphatic rings. The van der Waals surface area contributed by atoms with Crippen LogP contribution in [0.1, 0.15) is 45.2 Å². The number of rotatable bonds is 7. The van der Waals surface area contributed by atoms with Crippen LogP contribution in [0.4, 0.5) is 0 Å². The van der Waals surface area contributed by atoms with Crippen molar-refractivity contribution in [1.82, 2.24) is 5.32 Å². The number of amides is 1. The molecule has 1 aromatic rings. The Morgan fingerprint density at radius 3 is 2.53 bits per heavy atom. The first-order chi connectivity index (χ1) is 9.04. The summed E-state index contributed by atoms with van der Waals surface area (Å²) in [5.41, 5.74) is 1.13. The van der Waals surface area contributed by atoms with Gasteiger partial charge in [-0.05, 0) is 43.7 Å². The van der Waals surface area contributed by atoms with Crippen molar-refractivity contribution in [2.75, 3.05) is 5.75 Å². The second-order valence-electron chi connectivity index (χ2n) is 4.65. The first kappa shape index (κ1) is 16.6. The summed E-state index contributed by atoms with van der Waals surface area (Å²) in [4.78, 5) is 12.0. The van der Waals surface area contributed by atoms with Crippen LogP contribution < -0.4 is 5.32 Å². The molecule has 2 unspecified atom stereocenters. The van der Waals surface area contributed by atoms with Crippen LogP contribution in [0.25, 0.3) is 0 Å². The molecule has 0 saturated carbocycles. The maximum absolute atomic E-state index is 12.0. The molecule has 106 valence electrons. The quantitative estimate of drug-likeness (QED) is 0.736. The van der Waals surface area contributed by atoms with Gasteiger partial charge in [0.1, 0.15) is 0 Å². The van der Waals surface area contributed by atoms with Crippen molar-refractivity contribution in [3.63, 3.8) is 0 Å². The summed E-state index contributed by atoms with van der Waals surface area (Å²) in [5, 5.41) is 3.09. The zero-order valence-electron chi connectivity index (χ0n) is 11.8. The van der Waals surface area contributed by atoms with Gasteiger partial charge in [-0.25, -0.2) is 0 Å². The van der Waals surface area contributed by atoms with E-state index in [1.54, 1.807) is 11.8 Å². The molecule has 0 radical (unpaired) electrons. The Morgan fingerprint density at radius 2 is 1.95 bits per heavy atom. The van der Waals surface area contributed by atoms with Gasteiger partial charge in [0.15, 0.2) is 0 Å². The van der Waals surface area contributed by atoms with Crippen molar-refractivity contribution >= 4 is 33.6 Å². The highest BCUT2D eigenvalue weighted by Gasteiger charge is 2.16. The smallest absolute Gasteiger partial charge is 0.233 e. The summed E-state index contributed by atoms with van der Waals surface area (Å²) in [7, 11) is 0. The summed E-state index contributed by atoms with van der Waals surface area (Å²) in [6, 6.07) is 8.11. The summed E-state index contributed by atoms with van der Waals surface area (Å²) in [6.45, 7) is 6.16. The molecule has 4 heteroatoms. The molecule has 0 saturated heterocycles. The van der Waals surface area contributed by atoms with E-state index in [-0.39, 0.29) is 17.2 Å². The Balaban J connectivity index is 2.44. The molecule has 1 N–H and O–H groups in total. The van der Waals surface area contributed by atoms with E-state index < -0.39 is 0 Å². The highest BCUT2D eigenvalue weighted by Crippen LogP contribution is 2.18. The molecule has 2 atom stereocenters. The molecule has 0 aliphatic heterocycles. The van der Waals surface area contributed by atoms with E-state index in [1.165, 1.54) is 12.8 Å². The number of nitrogens with one attached hydrogen (secondary N) is 1. The number of hydrogen-bond donors (Lipinski definition) is 1. The minimum absolute atomic E-state index is 0.0180. The van der Waals surface area contributed by atoms with Crippen molar-refractivity contribution in [1.29, 1.82) is 0 Å². The van der Waals surface area contributed by atoms with Gasteiger partial charge in [-0.3, -0.25) is 4.79 Å². The molecular formula is C15H22BrNOS. The molecule has 0 aromatic heterocycles. The van der Waals surface area contributed by atoms with Crippen molar-refractivity contribution in [3.8, 4) is 0 Å². The molecule has 1 amide bonds. The number of carbonyl (C=O) groups excluding carboxylic acids is 1. The standard InChI is InChI=1S/C15H22BrNOS/c1-4-5-10-19-12(3)15(18)17-11(2)13-6-8-14(16)9-7-13/h6-9,11-12H,4-5,10H2,1-3H3,(H,17,18). The molecule has 0 bridgehead atoms. The number of halogens is 1. The fourth-order valence-corrected chi connectivity index (χ4v) is 2.94. The van der Waals surface area contributed by atoms with Crippen LogP contribution in [0.2, 0.25) is 0 Å². The topological polar surface area (TPSA) is 29.1 Å². The third-order valence-corrected chi connectivity index (χ3v) is 4.73. The van der Waals surface area contributed by atoms with Crippen LogP contribution in [0, 0.1) is 0 Å². The lowest BCUT2D eigenvalue weighted by molar-refractivity contribution is -0.120. The molecule has 1 rings (SSSR count). The van der Waals surface area contributed by atoms with E-state index >= 15 is 0 Å². The third kappa shape index (κ3) is 6.00. The largest absolute Gasteiger partial charge is 0.349 e. The monoisotopic (exact) mass is 343 g/mol. The van der Waals surface area contributed by atoms with E-state index in [1.807, 2.05) is 38.1 Å². The summed E-state index contributed by atoms with van der Waals surface area (Å²) in [6.07, 6.45) is 2.35. The minimum atomic E-state index is 0.0180. The molecule has 0 fully saturated rings. The van der Waals surface area contributed by atoms with Crippen LogP contribution in [-0.2, 0) is 4.79 Å². The van der Waals surface area contributed by atoms with Gasteiger partial charge in [0.05, 0.1) is 11.3 Å². The molecule has 0 spiro atoms. The Kier molecular flexibility index (Phi) is 7.54. The average molecular weight is 344 g/mol.